The largest absolute Gasteiger partial charge is 0.479 e. The summed E-state index contributed by atoms with van der Waals surface area (Å²) in [5.41, 5.74) is 6.65. The van der Waals surface area contributed by atoms with Crippen molar-refractivity contribution in [1.82, 2.24) is 10.8 Å². The molecular formula is C24H28N2O6. The summed E-state index contributed by atoms with van der Waals surface area (Å²) < 4.78 is 5.54. The number of carboxylic acid groups (broad SMARTS) is 1. The Morgan fingerprint density at radius 2 is 1.53 bits per heavy atom. The lowest BCUT2D eigenvalue weighted by atomic mass is 9.89. The van der Waals surface area contributed by atoms with Crippen molar-refractivity contribution >= 4 is 18.0 Å². The van der Waals surface area contributed by atoms with E-state index < -0.39 is 36.5 Å². The fourth-order valence-corrected chi connectivity index (χ4v) is 4.26. The number of aliphatic carboxylic acids is 1. The Balaban J connectivity index is 1.60. The average molecular weight is 440 g/mol. The van der Waals surface area contributed by atoms with Crippen LogP contribution in [0.2, 0.25) is 0 Å². The molecule has 0 heterocycles. The van der Waals surface area contributed by atoms with Gasteiger partial charge in [0.1, 0.15) is 6.61 Å². The summed E-state index contributed by atoms with van der Waals surface area (Å²) in [6.45, 7) is 4.88. The number of benzene rings is 2. The van der Waals surface area contributed by atoms with E-state index in [1.165, 1.54) is 0 Å². The molecular weight excluding hydrogens is 412 g/mol. The first-order valence-corrected chi connectivity index (χ1v) is 10.5. The van der Waals surface area contributed by atoms with Crippen molar-refractivity contribution in [1.29, 1.82) is 0 Å². The van der Waals surface area contributed by atoms with Crippen molar-refractivity contribution < 1.29 is 29.1 Å². The third-order valence-electron chi connectivity index (χ3n) is 5.62. The van der Waals surface area contributed by atoms with E-state index in [1.54, 1.807) is 6.92 Å². The molecule has 0 saturated carbocycles. The highest BCUT2D eigenvalue weighted by Gasteiger charge is 2.32. The van der Waals surface area contributed by atoms with Crippen molar-refractivity contribution in [3.8, 4) is 11.1 Å². The molecule has 0 saturated heterocycles. The maximum Gasteiger partial charge on any atom is 0.407 e. The normalized spacial score (nSPS) is 14.2. The molecule has 2 amide bonds. The molecule has 170 valence electrons. The summed E-state index contributed by atoms with van der Waals surface area (Å²) >= 11 is 0. The van der Waals surface area contributed by atoms with Gasteiger partial charge in [0, 0.05) is 12.0 Å². The van der Waals surface area contributed by atoms with Gasteiger partial charge in [-0.3, -0.25) is 9.63 Å². The van der Waals surface area contributed by atoms with E-state index in [0.29, 0.717) is 0 Å². The third kappa shape index (κ3) is 5.26. The summed E-state index contributed by atoms with van der Waals surface area (Å²) in [5, 5.41) is 11.3. The minimum absolute atomic E-state index is 0.0583. The van der Waals surface area contributed by atoms with Crippen molar-refractivity contribution in [2.75, 3.05) is 13.2 Å². The SMILES string of the molecule is CC(C)C(C(=O)NOCC(=O)O)C(C)NC(=O)OCC1c2ccccc2-c2ccccc21. The topological polar surface area (TPSA) is 114 Å². The van der Waals surface area contributed by atoms with Gasteiger partial charge in [-0.2, -0.15) is 0 Å². The van der Waals surface area contributed by atoms with Gasteiger partial charge in [-0.05, 0) is 35.1 Å². The van der Waals surface area contributed by atoms with Gasteiger partial charge in [0.25, 0.3) is 0 Å². The molecule has 0 fully saturated rings. The zero-order chi connectivity index (χ0) is 23.3. The summed E-state index contributed by atoms with van der Waals surface area (Å²) in [4.78, 5) is 40.2. The lowest BCUT2D eigenvalue weighted by molar-refractivity contribution is -0.151. The van der Waals surface area contributed by atoms with Crippen LogP contribution in [-0.2, 0) is 19.2 Å². The van der Waals surface area contributed by atoms with Crippen LogP contribution < -0.4 is 10.8 Å². The summed E-state index contributed by atoms with van der Waals surface area (Å²) in [6, 6.07) is 15.6. The van der Waals surface area contributed by atoms with E-state index in [2.05, 4.69) is 27.8 Å². The Kier molecular flexibility index (Phi) is 7.48. The Hall–Kier alpha value is -3.39. The quantitative estimate of drug-likeness (QED) is 0.516. The van der Waals surface area contributed by atoms with Crippen LogP contribution in [-0.4, -0.2) is 42.3 Å². The van der Waals surface area contributed by atoms with E-state index in [4.69, 9.17) is 9.84 Å². The number of carboxylic acids is 1. The van der Waals surface area contributed by atoms with Crippen LogP contribution in [0.25, 0.3) is 11.1 Å². The third-order valence-corrected chi connectivity index (χ3v) is 5.62. The number of carbonyl (C=O) groups is 3. The average Bonchev–Trinajstić information content (AvgIpc) is 3.05. The van der Waals surface area contributed by atoms with E-state index in [0.717, 1.165) is 22.3 Å². The molecule has 1 aliphatic carbocycles. The highest BCUT2D eigenvalue weighted by atomic mass is 16.7. The molecule has 2 aromatic rings. The molecule has 0 bridgehead atoms. The fourth-order valence-electron chi connectivity index (χ4n) is 4.26. The standard InChI is InChI=1S/C24H28N2O6/c1-14(2)22(23(29)26-32-13-21(27)28)15(3)25-24(30)31-12-20-18-10-6-4-8-16(18)17-9-5-7-11-19(17)20/h4-11,14-15,20,22H,12-13H2,1-3H3,(H,25,30)(H,26,29)(H,27,28). The second kappa shape index (κ2) is 10.3. The van der Waals surface area contributed by atoms with E-state index in [9.17, 15) is 14.4 Å². The number of nitrogens with one attached hydrogen (secondary N) is 2. The number of hydrogen-bond donors (Lipinski definition) is 3. The molecule has 3 rings (SSSR count). The highest BCUT2D eigenvalue weighted by Crippen LogP contribution is 2.44. The minimum Gasteiger partial charge on any atom is -0.479 e. The summed E-state index contributed by atoms with van der Waals surface area (Å²) in [6.07, 6.45) is -0.621. The Bertz CT molecular complexity index is 944. The maximum atomic E-state index is 12.5. The molecule has 1 aliphatic rings. The molecule has 8 heteroatoms. The Morgan fingerprint density at radius 1 is 0.969 bits per heavy atom. The Morgan fingerprint density at radius 3 is 2.06 bits per heavy atom. The van der Waals surface area contributed by atoms with E-state index in [1.807, 2.05) is 50.2 Å². The number of hydroxylamine groups is 1. The molecule has 2 atom stereocenters. The fraction of sp³-hybridized carbons (Fsp3) is 0.375. The monoisotopic (exact) mass is 440 g/mol. The van der Waals surface area contributed by atoms with Crippen molar-refractivity contribution in [3.63, 3.8) is 0 Å². The van der Waals surface area contributed by atoms with Gasteiger partial charge in [0.05, 0.1) is 5.92 Å². The number of carbonyl (C=O) groups excluding carboxylic acids is 2. The predicted molar refractivity (Wildman–Crippen MR) is 118 cm³/mol. The second-order valence-electron chi connectivity index (χ2n) is 8.18. The number of fused-ring (bicyclic) bond motifs is 3. The molecule has 2 aromatic carbocycles. The molecule has 8 nitrogen and oxygen atoms in total. The first-order valence-electron chi connectivity index (χ1n) is 10.5. The zero-order valence-electron chi connectivity index (χ0n) is 18.3. The van der Waals surface area contributed by atoms with Gasteiger partial charge in [-0.1, -0.05) is 62.4 Å². The molecule has 0 spiro atoms. The van der Waals surface area contributed by atoms with Crippen LogP contribution in [0, 0.1) is 11.8 Å². The minimum atomic E-state index is -1.20. The smallest absolute Gasteiger partial charge is 0.407 e. The highest BCUT2D eigenvalue weighted by molar-refractivity contribution is 5.80. The van der Waals surface area contributed by atoms with Crippen LogP contribution >= 0.6 is 0 Å². The number of hydrogen-bond acceptors (Lipinski definition) is 5. The lowest BCUT2D eigenvalue weighted by Crippen LogP contribution is -2.48. The first kappa shape index (κ1) is 23.3. The van der Waals surface area contributed by atoms with Crippen molar-refractivity contribution in [2.24, 2.45) is 11.8 Å². The second-order valence-corrected chi connectivity index (χ2v) is 8.18. The van der Waals surface area contributed by atoms with E-state index in [-0.39, 0.29) is 18.4 Å². The molecule has 32 heavy (non-hydrogen) atoms. The molecule has 0 aromatic heterocycles. The van der Waals surface area contributed by atoms with Crippen LogP contribution in [0.1, 0.15) is 37.8 Å². The molecule has 3 N–H and O–H groups in total. The maximum absolute atomic E-state index is 12.5. The zero-order valence-corrected chi connectivity index (χ0v) is 18.3. The van der Waals surface area contributed by atoms with Gasteiger partial charge >= 0.3 is 12.1 Å². The molecule has 2 unspecified atom stereocenters. The summed E-state index contributed by atoms with van der Waals surface area (Å²) in [5.74, 6) is -2.53. The van der Waals surface area contributed by atoms with Crippen LogP contribution in [0.5, 0.6) is 0 Å². The number of ether oxygens (including phenoxy) is 1. The van der Waals surface area contributed by atoms with Gasteiger partial charge in [-0.15, -0.1) is 0 Å². The number of alkyl carbamates (subject to hydrolysis) is 1. The van der Waals surface area contributed by atoms with Crippen molar-refractivity contribution in [3.05, 3.63) is 59.7 Å². The number of amides is 2. The van der Waals surface area contributed by atoms with Crippen LogP contribution in [0.4, 0.5) is 4.79 Å². The van der Waals surface area contributed by atoms with E-state index >= 15 is 0 Å². The van der Waals surface area contributed by atoms with Crippen LogP contribution in [0.15, 0.2) is 48.5 Å². The van der Waals surface area contributed by atoms with Crippen molar-refractivity contribution in [2.45, 2.75) is 32.7 Å². The van der Waals surface area contributed by atoms with Gasteiger partial charge in [0.2, 0.25) is 5.91 Å². The van der Waals surface area contributed by atoms with Gasteiger partial charge < -0.3 is 15.2 Å². The first-order chi connectivity index (χ1) is 15.3. The van der Waals surface area contributed by atoms with Gasteiger partial charge in [0.15, 0.2) is 6.61 Å². The predicted octanol–water partition coefficient (Wildman–Crippen LogP) is 3.32. The molecule has 0 aliphatic heterocycles. The van der Waals surface area contributed by atoms with Gasteiger partial charge in [-0.25, -0.2) is 15.1 Å². The summed E-state index contributed by atoms with van der Waals surface area (Å²) in [7, 11) is 0. The van der Waals surface area contributed by atoms with Crippen LogP contribution in [0.3, 0.4) is 0 Å². The molecule has 0 radical (unpaired) electrons. The lowest BCUT2D eigenvalue weighted by Gasteiger charge is -2.26. The Labute approximate surface area is 186 Å². The number of rotatable bonds is 9.